The standard InChI is InChI=1S/C15H16N3O7PS/c1-2-12(26(21,22)23)18-13-9-4-3-5-11(27(16,24)25)8(9)6-7-10(13)17-14(19)15(18)20/h3-7,12H,2H2,1H3,(H,17,19)(H2,16,24,25)(H2,21,22,23). The Labute approximate surface area is 152 Å². The van der Waals surface area contributed by atoms with E-state index in [1.54, 1.807) is 0 Å². The van der Waals surface area contributed by atoms with Crippen molar-refractivity contribution in [1.82, 2.24) is 9.55 Å². The number of H-pyrrole nitrogens is 1. The summed E-state index contributed by atoms with van der Waals surface area (Å²) in [7, 11) is -8.90. The second-order valence-corrected chi connectivity index (χ2v) is 9.27. The normalized spacial score (nSPS) is 13.9. The number of benzene rings is 2. The zero-order valence-electron chi connectivity index (χ0n) is 14.0. The van der Waals surface area contributed by atoms with Gasteiger partial charge in [-0.05, 0) is 18.6 Å². The maximum absolute atomic E-state index is 12.5. The highest BCUT2D eigenvalue weighted by atomic mass is 32.2. The zero-order valence-corrected chi connectivity index (χ0v) is 15.7. The molecule has 0 spiro atoms. The van der Waals surface area contributed by atoms with Gasteiger partial charge in [-0.15, -0.1) is 0 Å². The van der Waals surface area contributed by atoms with E-state index in [4.69, 9.17) is 5.14 Å². The predicted octanol–water partition coefficient (Wildman–Crippen LogP) is 0.577. The van der Waals surface area contributed by atoms with E-state index < -0.39 is 34.5 Å². The van der Waals surface area contributed by atoms with E-state index in [-0.39, 0.29) is 33.1 Å². The maximum Gasteiger partial charge on any atom is 0.348 e. The van der Waals surface area contributed by atoms with Crippen LogP contribution < -0.4 is 16.3 Å². The molecule has 0 aliphatic heterocycles. The van der Waals surface area contributed by atoms with Crippen molar-refractivity contribution in [2.24, 2.45) is 5.14 Å². The van der Waals surface area contributed by atoms with Crippen LogP contribution in [-0.4, -0.2) is 27.8 Å². The summed E-state index contributed by atoms with van der Waals surface area (Å²) in [5, 5.41) is 5.60. The molecule has 1 unspecified atom stereocenters. The average molecular weight is 413 g/mol. The van der Waals surface area contributed by atoms with Crippen LogP contribution >= 0.6 is 7.60 Å². The van der Waals surface area contributed by atoms with Crippen molar-refractivity contribution in [3.05, 3.63) is 51.0 Å². The number of hydrogen-bond donors (Lipinski definition) is 4. The molecule has 0 radical (unpaired) electrons. The first-order valence-electron chi connectivity index (χ1n) is 7.75. The highest BCUT2D eigenvalue weighted by molar-refractivity contribution is 7.89. The minimum absolute atomic E-state index is 0.0118. The molecule has 27 heavy (non-hydrogen) atoms. The minimum atomic E-state index is -4.80. The lowest BCUT2D eigenvalue weighted by Crippen LogP contribution is -2.38. The first-order chi connectivity index (χ1) is 12.5. The Morgan fingerprint density at radius 1 is 1.19 bits per heavy atom. The van der Waals surface area contributed by atoms with E-state index in [9.17, 15) is 32.4 Å². The van der Waals surface area contributed by atoms with Crippen molar-refractivity contribution in [3.8, 4) is 0 Å². The second kappa shape index (κ2) is 6.39. The predicted molar refractivity (Wildman–Crippen MR) is 99.1 cm³/mol. The lowest BCUT2D eigenvalue weighted by atomic mass is 10.1. The van der Waals surface area contributed by atoms with Gasteiger partial charge in [-0.2, -0.15) is 0 Å². The van der Waals surface area contributed by atoms with Crippen LogP contribution in [0, 0.1) is 0 Å². The lowest BCUT2D eigenvalue weighted by Gasteiger charge is -2.22. The Kier molecular flexibility index (Phi) is 4.61. The van der Waals surface area contributed by atoms with Gasteiger partial charge in [0.2, 0.25) is 10.0 Å². The van der Waals surface area contributed by atoms with Gasteiger partial charge >= 0.3 is 18.7 Å². The molecule has 3 rings (SSSR count). The molecule has 3 aromatic rings. The molecule has 1 heterocycles. The van der Waals surface area contributed by atoms with Gasteiger partial charge in [0.15, 0.2) is 0 Å². The van der Waals surface area contributed by atoms with Crippen LogP contribution in [0.4, 0.5) is 0 Å². The summed E-state index contributed by atoms with van der Waals surface area (Å²) >= 11 is 0. The molecular weight excluding hydrogens is 397 g/mol. The van der Waals surface area contributed by atoms with Crippen molar-refractivity contribution in [2.45, 2.75) is 24.0 Å². The molecule has 0 saturated heterocycles. The molecule has 0 aliphatic carbocycles. The number of primary sulfonamides is 1. The summed E-state index contributed by atoms with van der Waals surface area (Å²) in [6, 6.07) is 6.90. The fourth-order valence-corrected chi connectivity index (χ4v) is 4.91. The van der Waals surface area contributed by atoms with Crippen molar-refractivity contribution < 1.29 is 22.8 Å². The number of rotatable bonds is 4. The van der Waals surface area contributed by atoms with Gasteiger partial charge in [-0.25, -0.2) is 13.6 Å². The zero-order chi connectivity index (χ0) is 20.1. The highest BCUT2D eigenvalue weighted by Crippen LogP contribution is 2.51. The number of sulfonamides is 1. The Balaban J connectivity index is 2.65. The van der Waals surface area contributed by atoms with Crippen LogP contribution in [-0.2, 0) is 14.6 Å². The molecule has 2 aromatic carbocycles. The number of aromatic amines is 1. The second-order valence-electron chi connectivity index (χ2n) is 5.97. The van der Waals surface area contributed by atoms with Gasteiger partial charge in [0.25, 0.3) is 0 Å². The molecule has 12 heteroatoms. The molecule has 0 amide bonds. The SMILES string of the molecule is CCC(n1c(=O)c(=O)[nH]c2ccc3c(S(N)(=O)=O)cccc3c21)P(=O)(O)O. The molecule has 5 N–H and O–H groups in total. The fraction of sp³-hybridized carbons (Fsp3) is 0.200. The first kappa shape index (κ1) is 19.5. The smallest absolute Gasteiger partial charge is 0.323 e. The highest BCUT2D eigenvalue weighted by Gasteiger charge is 2.32. The summed E-state index contributed by atoms with van der Waals surface area (Å²) in [5.74, 6) is -1.58. The number of fused-ring (bicyclic) bond motifs is 3. The topological polar surface area (TPSA) is 173 Å². The van der Waals surface area contributed by atoms with Crippen molar-refractivity contribution in [3.63, 3.8) is 0 Å². The summed E-state index contributed by atoms with van der Waals surface area (Å²) in [6.45, 7) is 1.46. The van der Waals surface area contributed by atoms with E-state index in [2.05, 4.69) is 4.98 Å². The largest absolute Gasteiger partial charge is 0.348 e. The maximum atomic E-state index is 12.5. The quantitative estimate of drug-likeness (QED) is 0.275. The van der Waals surface area contributed by atoms with Gasteiger partial charge in [0.1, 0.15) is 5.78 Å². The van der Waals surface area contributed by atoms with Gasteiger partial charge in [0.05, 0.1) is 15.9 Å². The summed E-state index contributed by atoms with van der Waals surface area (Å²) in [6.07, 6.45) is -0.131. The Morgan fingerprint density at radius 3 is 2.41 bits per heavy atom. The van der Waals surface area contributed by atoms with Gasteiger partial charge < -0.3 is 14.8 Å². The molecule has 0 bridgehead atoms. The van der Waals surface area contributed by atoms with Crippen molar-refractivity contribution >= 4 is 39.4 Å². The Morgan fingerprint density at radius 2 is 1.85 bits per heavy atom. The summed E-state index contributed by atoms with van der Waals surface area (Å²) in [5.41, 5.74) is -2.05. The lowest BCUT2D eigenvalue weighted by molar-refractivity contribution is 0.338. The number of nitrogens with two attached hydrogens (primary N) is 1. The molecule has 0 saturated carbocycles. The van der Waals surface area contributed by atoms with Crippen molar-refractivity contribution in [2.75, 3.05) is 0 Å². The molecule has 1 atom stereocenters. The third-order valence-corrected chi connectivity index (χ3v) is 6.59. The monoisotopic (exact) mass is 413 g/mol. The molecule has 0 aliphatic rings. The third kappa shape index (κ3) is 3.24. The van der Waals surface area contributed by atoms with E-state index in [0.717, 1.165) is 4.57 Å². The van der Waals surface area contributed by atoms with Crippen molar-refractivity contribution in [1.29, 1.82) is 0 Å². The molecule has 10 nitrogen and oxygen atoms in total. The number of hydrogen-bond acceptors (Lipinski definition) is 5. The van der Waals surface area contributed by atoms with E-state index in [1.807, 2.05) is 0 Å². The number of nitrogens with one attached hydrogen (secondary N) is 1. The molecule has 0 fully saturated rings. The van der Waals surface area contributed by atoms with E-state index in [0.29, 0.717) is 0 Å². The van der Waals surface area contributed by atoms with Crippen LogP contribution in [0.1, 0.15) is 19.1 Å². The molecular formula is C15H16N3O7PS. The fourth-order valence-electron chi connectivity index (χ4n) is 3.16. The molecule has 144 valence electrons. The number of aromatic nitrogens is 2. The van der Waals surface area contributed by atoms with Gasteiger partial charge in [-0.3, -0.25) is 18.7 Å². The summed E-state index contributed by atoms with van der Waals surface area (Å²) in [4.78, 5) is 46.0. The van der Waals surface area contributed by atoms with E-state index >= 15 is 0 Å². The Hall–Kier alpha value is -2.30. The van der Waals surface area contributed by atoms with E-state index in [1.165, 1.54) is 37.3 Å². The van der Waals surface area contributed by atoms with Crippen LogP contribution in [0.2, 0.25) is 0 Å². The summed E-state index contributed by atoms with van der Waals surface area (Å²) < 4.78 is 36.4. The first-order valence-corrected chi connectivity index (χ1v) is 11.0. The van der Waals surface area contributed by atoms with Gasteiger partial charge in [-0.1, -0.05) is 25.1 Å². The van der Waals surface area contributed by atoms with Crippen LogP contribution in [0.25, 0.3) is 21.8 Å². The van der Waals surface area contributed by atoms with Crippen LogP contribution in [0.15, 0.2) is 44.8 Å². The van der Waals surface area contributed by atoms with Crippen LogP contribution in [0.3, 0.4) is 0 Å². The number of nitrogens with zero attached hydrogens (tertiary/aromatic N) is 1. The average Bonchev–Trinajstić information content (AvgIpc) is 2.56. The molecule has 1 aromatic heterocycles. The van der Waals surface area contributed by atoms with Crippen LogP contribution in [0.5, 0.6) is 0 Å². The van der Waals surface area contributed by atoms with Gasteiger partial charge in [0, 0.05) is 10.8 Å². The minimum Gasteiger partial charge on any atom is -0.323 e. The third-order valence-electron chi connectivity index (χ3n) is 4.25. The Bertz CT molecular complexity index is 1340.